The maximum atomic E-state index is 13.9. The maximum absolute atomic E-state index is 13.9. The van der Waals surface area contributed by atoms with Crippen molar-refractivity contribution in [1.29, 1.82) is 0 Å². The molecule has 0 aliphatic rings. The Morgan fingerprint density at radius 3 is 2.91 bits per heavy atom. The molecule has 2 heterocycles. The molecule has 5 nitrogen and oxygen atoms in total. The van der Waals surface area contributed by atoms with Gasteiger partial charge in [-0.05, 0) is 25.0 Å². The number of unbranched alkanes of at least 4 members (excludes halogenated alkanes) is 1. The van der Waals surface area contributed by atoms with Crippen molar-refractivity contribution < 1.29 is 4.39 Å². The van der Waals surface area contributed by atoms with Crippen molar-refractivity contribution >= 4 is 22.6 Å². The molecular formula is C16H16ClFN4O. The van der Waals surface area contributed by atoms with Gasteiger partial charge in [0.05, 0.1) is 5.69 Å². The van der Waals surface area contributed by atoms with Crippen molar-refractivity contribution in [1.82, 2.24) is 20.2 Å². The summed E-state index contributed by atoms with van der Waals surface area (Å²) in [5.74, 6) is -0.0488. The summed E-state index contributed by atoms with van der Waals surface area (Å²) < 4.78 is 13.9. The number of nitrogens with zero attached hydrogens (tertiary/aromatic N) is 2. The zero-order valence-corrected chi connectivity index (χ0v) is 13.4. The first-order valence-electron chi connectivity index (χ1n) is 7.49. The number of aromatic nitrogens is 4. The van der Waals surface area contributed by atoms with Crippen LogP contribution in [-0.4, -0.2) is 20.2 Å². The summed E-state index contributed by atoms with van der Waals surface area (Å²) in [7, 11) is 0. The first kappa shape index (κ1) is 15.7. The lowest BCUT2D eigenvalue weighted by atomic mass is 10.1. The number of rotatable bonds is 5. The zero-order valence-electron chi connectivity index (χ0n) is 12.6. The molecule has 0 fully saturated rings. The molecule has 23 heavy (non-hydrogen) atoms. The summed E-state index contributed by atoms with van der Waals surface area (Å²) in [6, 6.07) is 4.49. The minimum Gasteiger partial charge on any atom is -0.308 e. The lowest BCUT2D eigenvalue weighted by molar-refractivity contribution is 0.612. The van der Waals surface area contributed by atoms with Crippen LogP contribution in [-0.2, 0) is 12.8 Å². The Labute approximate surface area is 136 Å². The van der Waals surface area contributed by atoms with Crippen molar-refractivity contribution in [2.75, 3.05) is 0 Å². The van der Waals surface area contributed by atoms with Crippen LogP contribution in [0.3, 0.4) is 0 Å². The Kier molecular flexibility index (Phi) is 4.43. The van der Waals surface area contributed by atoms with Crippen molar-refractivity contribution in [3.8, 4) is 0 Å². The molecule has 120 valence electrons. The number of benzene rings is 1. The average Bonchev–Trinajstić information content (AvgIpc) is 2.92. The average molecular weight is 335 g/mol. The summed E-state index contributed by atoms with van der Waals surface area (Å²) in [5, 5.41) is 7.20. The van der Waals surface area contributed by atoms with E-state index in [0.29, 0.717) is 27.4 Å². The molecule has 3 aromatic rings. The normalized spacial score (nSPS) is 11.3. The van der Waals surface area contributed by atoms with E-state index in [2.05, 4.69) is 27.1 Å². The predicted molar refractivity (Wildman–Crippen MR) is 87.3 cm³/mol. The third-order valence-corrected chi connectivity index (χ3v) is 4.07. The summed E-state index contributed by atoms with van der Waals surface area (Å²) >= 11 is 6.04. The van der Waals surface area contributed by atoms with Gasteiger partial charge in [0.2, 0.25) is 0 Å². The molecule has 0 atom stereocenters. The third kappa shape index (κ3) is 3.12. The van der Waals surface area contributed by atoms with Crippen LogP contribution in [0, 0.1) is 5.82 Å². The minimum absolute atomic E-state index is 0.120. The van der Waals surface area contributed by atoms with Gasteiger partial charge in [0.25, 0.3) is 5.56 Å². The predicted octanol–water partition coefficient (Wildman–Crippen LogP) is 3.37. The summed E-state index contributed by atoms with van der Waals surface area (Å²) in [4.78, 5) is 19.3. The smallest absolute Gasteiger partial charge is 0.276 e. The van der Waals surface area contributed by atoms with Gasteiger partial charge in [-0.2, -0.15) is 5.10 Å². The molecule has 0 saturated heterocycles. The van der Waals surface area contributed by atoms with E-state index in [1.807, 2.05) is 0 Å². The van der Waals surface area contributed by atoms with Gasteiger partial charge in [0.1, 0.15) is 22.7 Å². The van der Waals surface area contributed by atoms with Gasteiger partial charge in [-0.3, -0.25) is 9.89 Å². The highest BCUT2D eigenvalue weighted by atomic mass is 35.5. The van der Waals surface area contributed by atoms with Crippen LogP contribution >= 0.6 is 11.6 Å². The maximum Gasteiger partial charge on any atom is 0.276 e. The number of aryl methyl sites for hydroxylation is 1. The molecule has 0 saturated carbocycles. The van der Waals surface area contributed by atoms with Crippen molar-refractivity contribution in [3.05, 3.63) is 56.5 Å². The van der Waals surface area contributed by atoms with Crippen molar-refractivity contribution in [2.45, 2.75) is 32.6 Å². The van der Waals surface area contributed by atoms with E-state index in [-0.39, 0.29) is 12.0 Å². The zero-order chi connectivity index (χ0) is 16.4. The molecule has 0 radical (unpaired) electrons. The summed E-state index contributed by atoms with van der Waals surface area (Å²) in [5.41, 5.74) is 1.65. The van der Waals surface area contributed by atoms with Gasteiger partial charge in [0.15, 0.2) is 0 Å². The van der Waals surface area contributed by atoms with E-state index in [1.165, 1.54) is 6.07 Å². The molecule has 0 amide bonds. The Morgan fingerprint density at radius 2 is 2.17 bits per heavy atom. The second-order valence-corrected chi connectivity index (χ2v) is 5.79. The second-order valence-electron chi connectivity index (χ2n) is 5.39. The van der Waals surface area contributed by atoms with Gasteiger partial charge >= 0.3 is 0 Å². The molecule has 0 bridgehead atoms. The lowest BCUT2D eigenvalue weighted by Crippen LogP contribution is -2.13. The fraction of sp³-hybridized carbons (Fsp3) is 0.312. The van der Waals surface area contributed by atoms with Crippen LogP contribution in [0.5, 0.6) is 0 Å². The van der Waals surface area contributed by atoms with E-state index < -0.39 is 5.82 Å². The highest BCUT2D eigenvalue weighted by Gasteiger charge is 2.14. The molecule has 3 rings (SSSR count). The molecular weight excluding hydrogens is 319 g/mol. The standard InChI is InChI=1S/C16H16ClFN4O/c1-2-3-7-12-14-15(22-21-12)16(23)20-13(19-14)8-9-10(17)5-4-6-11(9)18/h4-6H,2-3,7-8H2,1H3,(H,21,22)(H,19,20,23). The molecule has 0 unspecified atom stereocenters. The Hall–Kier alpha value is -2.21. The molecule has 2 aromatic heterocycles. The number of aromatic amines is 2. The third-order valence-electron chi connectivity index (χ3n) is 3.72. The highest BCUT2D eigenvalue weighted by Crippen LogP contribution is 2.21. The summed E-state index contributed by atoms with van der Waals surface area (Å²) in [6.45, 7) is 2.08. The summed E-state index contributed by atoms with van der Waals surface area (Å²) in [6.07, 6.45) is 2.85. The second kappa shape index (κ2) is 6.50. The number of fused-ring (bicyclic) bond motifs is 1. The Morgan fingerprint density at radius 1 is 1.35 bits per heavy atom. The van der Waals surface area contributed by atoms with Gasteiger partial charge in [-0.25, -0.2) is 9.37 Å². The van der Waals surface area contributed by atoms with E-state index >= 15 is 0 Å². The Bertz CT molecular complexity index is 882. The first-order valence-corrected chi connectivity index (χ1v) is 7.87. The fourth-order valence-corrected chi connectivity index (χ4v) is 2.71. The Balaban J connectivity index is 2.03. The van der Waals surface area contributed by atoms with Crippen LogP contribution in [0.4, 0.5) is 4.39 Å². The molecule has 2 N–H and O–H groups in total. The number of H-pyrrole nitrogens is 2. The molecule has 7 heteroatoms. The van der Waals surface area contributed by atoms with E-state index in [9.17, 15) is 9.18 Å². The van der Waals surface area contributed by atoms with Crippen LogP contribution in [0.2, 0.25) is 5.02 Å². The van der Waals surface area contributed by atoms with E-state index in [4.69, 9.17) is 11.6 Å². The lowest BCUT2D eigenvalue weighted by Gasteiger charge is -2.05. The first-order chi connectivity index (χ1) is 11.1. The fourth-order valence-electron chi connectivity index (χ4n) is 2.48. The topological polar surface area (TPSA) is 74.4 Å². The van der Waals surface area contributed by atoms with Gasteiger partial charge in [0, 0.05) is 17.0 Å². The largest absolute Gasteiger partial charge is 0.308 e. The van der Waals surface area contributed by atoms with Crippen molar-refractivity contribution in [3.63, 3.8) is 0 Å². The molecule has 1 aromatic carbocycles. The van der Waals surface area contributed by atoms with Crippen LogP contribution in [0.15, 0.2) is 23.0 Å². The van der Waals surface area contributed by atoms with Gasteiger partial charge < -0.3 is 4.98 Å². The monoisotopic (exact) mass is 334 g/mol. The highest BCUT2D eigenvalue weighted by molar-refractivity contribution is 6.31. The molecule has 0 spiro atoms. The molecule has 0 aliphatic carbocycles. The number of halogens is 2. The van der Waals surface area contributed by atoms with Crippen LogP contribution in [0.25, 0.3) is 11.0 Å². The van der Waals surface area contributed by atoms with E-state index in [1.54, 1.807) is 12.1 Å². The van der Waals surface area contributed by atoms with Crippen LogP contribution < -0.4 is 5.56 Å². The molecule has 0 aliphatic heterocycles. The quantitative estimate of drug-likeness (QED) is 0.751. The number of hydrogen-bond acceptors (Lipinski definition) is 3. The van der Waals surface area contributed by atoms with E-state index in [0.717, 1.165) is 25.0 Å². The number of nitrogens with one attached hydrogen (secondary N) is 2. The number of hydrogen-bond donors (Lipinski definition) is 2. The minimum atomic E-state index is -0.418. The van der Waals surface area contributed by atoms with Gasteiger partial charge in [-0.1, -0.05) is 31.0 Å². The van der Waals surface area contributed by atoms with Crippen molar-refractivity contribution in [2.24, 2.45) is 0 Å². The van der Waals surface area contributed by atoms with Gasteiger partial charge in [-0.15, -0.1) is 0 Å². The SMILES string of the molecule is CCCCc1n[nH]c2c(=O)[nH]c(Cc3c(F)cccc3Cl)nc12. The van der Waals surface area contributed by atoms with Crippen LogP contribution in [0.1, 0.15) is 36.8 Å².